The van der Waals surface area contributed by atoms with Crippen LogP contribution in [0.5, 0.6) is 0 Å². The predicted molar refractivity (Wildman–Crippen MR) is 82.8 cm³/mol. The van der Waals surface area contributed by atoms with Crippen molar-refractivity contribution in [2.24, 2.45) is 0 Å². The Bertz CT molecular complexity index is 155. The first-order valence-electron chi connectivity index (χ1n) is 7.69. The van der Waals surface area contributed by atoms with Crippen LogP contribution in [0.2, 0.25) is 0 Å². The molecule has 0 aliphatic rings. The van der Waals surface area contributed by atoms with E-state index in [-0.39, 0.29) is 0 Å². The van der Waals surface area contributed by atoms with E-state index in [1.54, 1.807) is 0 Å². The Morgan fingerprint density at radius 3 is 1.32 bits per heavy atom. The number of nitrogens with zero attached hydrogens (tertiary/aromatic N) is 1. The second-order valence-corrected chi connectivity index (χ2v) is 5.33. The summed E-state index contributed by atoms with van der Waals surface area (Å²) in [5, 5.41) is 21.5. The van der Waals surface area contributed by atoms with Crippen molar-refractivity contribution in [1.29, 1.82) is 0 Å². The van der Waals surface area contributed by atoms with Crippen LogP contribution in [0, 0.1) is 0 Å². The Morgan fingerprint density at radius 1 is 0.684 bits per heavy atom. The van der Waals surface area contributed by atoms with Crippen molar-refractivity contribution < 1.29 is 15.1 Å². The molecule has 116 valence electrons. The lowest BCUT2D eigenvalue weighted by Gasteiger charge is -2.08. The molecule has 4 nitrogen and oxygen atoms in total. The quantitative estimate of drug-likeness (QED) is 0.400. The minimum Gasteiger partial charge on any atom is -0.402 e. The molecule has 0 unspecified atom stereocenters. The van der Waals surface area contributed by atoms with Gasteiger partial charge in [-0.15, -0.1) is 0 Å². The van der Waals surface area contributed by atoms with Crippen LogP contribution in [0.1, 0.15) is 71.1 Å². The van der Waals surface area contributed by atoms with Gasteiger partial charge < -0.3 is 20.0 Å². The number of rotatable bonds is 11. The Labute approximate surface area is 120 Å². The van der Waals surface area contributed by atoms with Crippen molar-refractivity contribution in [3.8, 4) is 0 Å². The molecule has 0 aromatic rings. The molecule has 0 aromatic heterocycles. The maximum absolute atomic E-state index is 7.17. The molecule has 0 spiro atoms. The third-order valence-electron chi connectivity index (χ3n) is 2.96. The molecule has 3 N–H and O–H groups in total. The summed E-state index contributed by atoms with van der Waals surface area (Å²) in [5.74, 6) is 0. The lowest BCUT2D eigenvalue weighted by Crippen LogP contribution is -2.12. The molecule has 0 aliphatic carbocycles. The topological polar surface area (TPSA) is 63.9 Å². The highest BCUT2D eigenvalue weighted by atomic mass is 16.5. The van der Waals surface area contributed by atoms with Crippen LogP contribution < -0.4 is 0 Å². The highest BCUT2D eigenvalue weighted by molar-refractivity contribution is 6.30. The first kappa shape index (κ1) is 21.2. The van der Waals surface area contributed by atoms with Gasteiger partial charge in [0.1, 0.15) is 0 Å². The lowest BCUT2D eigenvalue weighted by molar-refractivity contribution is 0.278. The average molecular weight is 275 g/mol. The molecule has 0 aromatic carbocycles. The van der Waals surface area contributed by atoms with Gasteiger partial charge in [-0.2, -0.15) is 0 Å². The van der Waals surface area contributed by atoms with E-state index in [1.807, 2.05) is 0 Å². The summed E-state index contributed by atoms with van der Waals surface area (Å²) in [6.07, 6.45) is 14.4. The standard InChI is InChI=1S/C14H31N.BH3O3/c1-4-5-6-7-8-9-10-11-12-13-14-15(2)3;2-1(3)4/h4-14H2,1-3H3;2-4H. The zero-order valence-electron chi connectivity index (χ0n) is 13.1. The van der Waals surface area contributed by atoms with Gasteiger partial charge in [0.15, 0.2) is 0 Å². The van der Waals surface area contributed by atoms with Crippen LogP contribution in [-0.2, 0) is 0 Å². The summed E-state index contributed by atoms with van der Waals surface area (Å²) in [6.45, 7) is 3.54. The SMILES string of the molecule is CCCCCCCCCCCCN(C)C.OB(O)O. The van der Waals surface area contributed by atoms with Crippen LogP contribution in [0.15, 0.2) is 0 Å². The van der Waals surface area contributed by atoms with Crippen LogP contribution in [0.3, 0.4) is 0 Å². The summed E-state index contributed by atoms with van der Waals surface area (Å²) in [6, 6.07) is 0. The molecule has 0 aliphatic heterocycles. The maximum atomic E-state index is 7.17. The Balaban J connectivity index is 0. The first-order chi connectivity index (χ1) is 9.00. The fraction of sp³-hybridized carbons (Fsp3) is 1.00. The normalized spacial score (nSPS) is 10.3. The summed E-state index contributed by atoms with van der Waals surface area (Å²) >= 11 is 0. The van der Waals surface area contributed by atoms with E-state index in [1.165, 1.54) is 70.8 Å². The molecule has 0 radical (unpaired) electrons. The van der Waals surface area contributed by atoms with Crippen LogP contribution in [0.25, 0.3) is 0 Å². The number of hydrogen-bond acceptors (Lipinski definition) is 4. The van der Waals surface area contributed by atoms with Gasteiger partial charge in [-0.25, -0.2) is 0 Å². The zero-order valence-corrected chi connectivity index (χ0v) is 13.1. The Hall–Kier alpha value is -0.0951. The smallest absolute Gasteiger partial charge is 0.402 e. The molecule has 0 saturated heterocycles. The fourth-order valence-corrected chi connectivity index (χ4v) is 1.92. The zero-order chi connectivity index (χ0) is 14.9. The minimum atomic E-state index is -2.17. The van der Waals surface area contributed by atoms with E-state index < -0.39 is 7.32 Å². The van der Waals surface area contributed by atoms with Gasteiger partial charge in [-0.3, -0.25) is 0 Å². The molecule has 0 atom stereocenters. The second kappa shape index (κ2) is 17.9. The molecule has 5 heteroatoms. The highest BCUT2D eigenvalue weighted by Crippen LogP contribution is 2.10. The van der Waals surface area contributed by atoms with Crippen molar-refractivity contribution in [2.45, 2.75) is 71.1 Å². The largest absolute Gasteiger partial charge is 0.631 e. The third kappa shape index (κ3) is 32.0. The van der Waals surface area contributed by atoms with Crippen LogP contribution in [0.4, 0.5) is 0 Å². The van der Waals surface area contributed by atoms with E-state index in [4.69, 9.17) is 15.1 Å². The monoisotopic (exact) mass is 275 g/mol. The molecular weight excluding hydrogens is 241 g/mol. The number of hydrogen-bond donors (Lipinski definition) is 3. The number of unbranched alkanes of at least 4 members (excludes halogenated alkanes) is 9. The molecule has 0 rings (SSSR count). The highest BCUT2D eigenvalue weighted by Gasteiger charge is 1.93. The van der Waals surface area contributed by atoms with Gasteiger partial charge in [0.25, 0.3) is 0 Å². The van der Waals surface area contributed by atoms with Gasteiger partial charge in [0.2, 0.25) is 0 Å². The van der Waals surface area contributed by atoms with Crippen molar-refractivity contribution in [1.82, 2.24) is 4.90 Å². The van der Waals surface area contributed by atoms with Gasteiger partial charge in [0, 0.05) is 0 Å². The Kier molecular flexibility index (Phi) is 20.0. The van der Waals surface area contributed by atoms with Gasteiger partial charge >= 0.3 is 7.32 Å². The summed E-state index contributed by atoms with van der Waals surface area (Å²) < 4.78 is 0. The van der Waals surface area contributed by atoms with Crippen molar-refractivity contribution >= 4 is 7.32 Å². The van der Waals surface area contributed by atoms with Gasteiger partial charge in [-0.1, -0.05) is 64.7 Å². The second-order valence-electron chi connectivity index (χ2n) is 5.33. The minimum absolute atomic E-state index is 1.26. The molecule has 0 fully saturated rings. The van der Waals surface area contributed by atoms with Crippen LogP contribution in [-0.4, -0.2) is 47.9 Å². The van der Waals surface area contributed by atoms with Crippen molar-refractivity contribution in [3.63, 3.8) is 0 Å². The fourth-order valence-electron chi connectivity index (χ4n) is 1.92. The predicted octanol–water partition coefficient (Wildman–Crippen LogP) is 2.42. The first-order valence-corrected chi connectivity index (χ1v) is 7.69. The van der Waals surface area contributed by atoms with E-state index >= 15 is 0 Å². The Morgan fingerprint density at radius 2 is 1.00 bits per heavy atom. The molecular formula is C14H34BNO3. The summed E-state index contributed by atoms with van der Waals surface area (Å²) in [4.78, 5) is 2.28. The van der Waals surface area contributed by atoms with Crippen LogP contribution >= 0.6 is 0 Å². The van der Waals surface area contributed by atoms with Crippen molar-refractivity contribution in [3.05, 3.63) is 0 Å². The third-order valence-corrected chi connectivity index (χ3v) is 2.96. The van der Waals surface area contributed by atoms with Gasteiger partial charge in [-0.05, 0) is 27.1 Å². The molecule has 0 saturated carbocycles. The van der Waals surface area contributed by atoms with E-state index in [9.17, 15) is 0 Å². The molecule has 0 amide bonds. The van der Waals surface area contributed by atoms with Gasteiger partial charge in [0.05, 0.1) is 0 Å². The summed E-state index contributed by atoms with van der Waals surface area (Å²) in [7, 11) is 2.15. The van der Waals surface area contributed by atoms with E-state index in [2.05, 4.69) is 25.9 Å². The summed E-state index contributed by atoms with van der Waals surface area (Å²) in [5.41, 5.74) is 0. The molecule has 19 heavy (non-hydrogen) atoms. The van der Waals surface area contributed by atoms with E-state index in [0.29, 0.717) is 0 Å². The average Bonchev–Trinajstić information content (AvgIpc) is 2.30. The van der Waals surface area contributed by atoms with Crippen molar-refractivity contribution in [2.75, 3.05) is 20.6 Å². The van der Waals surface area contributed by atoms with E-state index in [0.717, 1.165) is 0 Å². The molecule has 0 bridgehead atoms. The molecule has 0 heterocycles. The lowest BCUT2D eigenvalue weighted by atomic mass is 10.1. The maximum Gasteiger partial charge on any atom is 0.631 e.